The van der Waals surface area contributed by atoms with Gasteiger partial charge in [-0.05, 0) is 32.4 Å². The predicted molar refractivity (Wildman–Crippen MR) is 64.8 cm³/mol. The van der Waals surface area contributed by atoms with E-state index in [1.807, 2.05) is 32.0 Å². The molecule has 0 amide bonds. The molecule has 1 N–H and O–H groups in total. The van der Waals surface area contributed by atoms with Crippen molar-refractivity contribution in [3.8, 4) is 0 Å². The fourth-order valence-electron chi connectivity index (χ4n) is 1.22. The lowest BCUT2D eigenvalue weighted by Gasteiger charge is -2.16. The molecule has 0 saturated heterocycles. The molecule has 0 atom stereocenters. The van der Waals surface area contributed by atoms with E-state index in [9.17, 15) is 5.11 Å². The summed E-state index contributed by atoms with van der Waals surface area (Å²) in [5.41, 5.74) is 0.976. The topological polar surface area (TPSA) is 33.1 Å². The monoisotopic (exact) mass is 209 g/mol. The lowest BCUT2D eigenvalue weighted by Crippen LogP contribution is -2.17. The van der Waals surface area contributed by atoms with Crippen LogP contribution in [0.4, 0.5) is 0 Å². The first kappa shape index (κ1) is 14.1. The molecule has 0 aliphatic carbocycles. The highest BCUT2D eigenvalue weighted by molar-refractivity contribution is 5.15. The van der Waals surface area contributed by atoms with Crippen LogP contribution in [0.3, 0.4) is 0 Å². The van der Waals surface area contributed by atoms with Crippen LogP contribution in [0.15, 0.2) is 18.2 Å². The molecule has 2 nitrogen and oxygen atoms in total. The summed E-state index contributed by atoms with van der Waals surface area (Å²) in [6, 6.07) is 5.81. The summed E-state index contributed by atoms with van der Waals surface area (Å²) in [6.07, 6.45) is 2.06. The number of rotatable bonds is 3. The molecular weight excluding hydrogens is 186 g/mol. The van der Waals surface area contributed by atoms with Gasteiger partial charge in [0.15, 0.2) is 0 Å². The molecule has 0 bridgehead atoms. The maximum Gasteiger partial charge on any atom is 0.101 e. The Kier molecular flexibility index (Phi) is 6.18. The van der Waals surface area contributed by atoms with Gasteiger partial charge in [-0.15, -0.1) is 0 Å². The summed E-state index contributed by atoms with van der Waals surface area (Å²) in [4.78, 5) is 4.38. The molecule has 86 valence electrons. The molecule has 0 aromatic carbocycles. The van der Waals surface area contributed by atoms with Crippen LogP contribution < -0.4 is 0 Å². The smallest absolute Gasteiger partial charge is 0.101 e. The molecule has 1 aromatic heterocycles. The van der Waals surface area contributed by atoms with E-state index in [4.69, 9.17) is 0 Å². The van der Waals surface area contributed by atoms with Crippen molar-refractivity contribution in [1.82, 2.24) is 4.98 Å². The maximum absolute atomic E-state index is 9.72. The highest BCUT2D eigenvalue weighted by Crippen LogP contribution is 2.17. The van der Waals surface area contributed by atoms with E-state index in [2.05, 4.69) is 11.9 Å². The van der Waals surface area contributed by atoms with Gasteiger partial charge in [0, 0.05) is 5.69 Å². The summed E-state index contributed by atoms with van der Waals surface area (Å²) in [5, 5.41) is 9.72. The average Bonchev–Trinajstić information content (AvgIpc) is 2.21. The minimum Gasteiger partial charge on any atom is -0.384 e. The third-order valence-corrected chi connectivity index (χ3v) is 1.94. The molecule has 2 heteroatoms. The van der Waals surface area contributed by atoms with Crippen LogP contribution in [-0.4, -0.2) is 10.1 Å². The minimum absolute atomic E-state index is 0.749. The molecule has 1 heterocycles. The Balaban J connectivity index is 0.000000921. The Labute approximate surface area is 93.4 Å². The summed E-state index contributed by atoms with van der Waals surface area (Å²) >= 11 is 0. The Hall–Kier alpha value is -0.890. The van der Waals surface area contributed by atoms with Crippen LogP contribution in [0.25, 0.3) is 0 Å². The number of aromatic nitrogens is 1. The minimum atomic E-state index is -0.830. The number of hydrogen-bond donors (Lipinski definition) is 1. The standard InChI is InChI=1S/C11H17NO.C2H6/c1-4-6-9-7-5-8-10(12-9)11(2,3)13;1-2/h5,7-8,13H,4,6H2,1-3H3;1-2H3. The second kappa shape index (κ2) is 6.57. The fraction of sp³-hybridized carbons (Fsp3) is 0.615. The molecule has 0 spiro atoms. The van der Waals surface area contributed by atoms with Gasteiger partial charge in [-0.2, -0.15) is 0 Å². The Morgan fingerprint density at radius 3 is 2.33 bits per heavy atom. The van der Waals surface area contributed by atoms with Crippen molar-refractivity contribution in [3.05, 3.63) is 29.6 Å². The highest BCUT2D eigenvalue weighted by atomic mass is 16.3. The van der Waals surface area contributed by atoms with Crippen molar-refractivity contribution >= 4 is 0 Å². The number of aliphatic hydroxyl groups is 1. The van der Waals surface area contributed by atoms with Crippen molar-refractivity contribution < 1.29 is 5.11 Å². The summed E-state index contributed by atoms with van der Waals surface area (Å²) < 4.78 is 0. The molecule has 0 aliphatic rings. The maximum atomic E-state index is 9.72. The lowest BCUT2D eigenvalue weighted by atomic mass is 10.0. The van der Waals surface area contributed by atoms with Crippen molar-refractivity contribution in [3.63, 3.8) is 0 Å². The zero-order valence-electron chi connectivity index (χ0n) is 10.5. The molecule has 0 radical (unpaired) electrons. The summed E-state index contributed by atoms with van der Waals surface area (Å²) in [6.45, 7) is 9.63. The van der Waals surface area contributed by atoms with E-state index in [-0.39, 0.29) is 0 Å². The third kappa shape index (κ3) is 4.93. The molecule has 0 saturated carbocycles. The molecular formula is C13H23NO. The van der Waals surface area contributed by atoms with E-state index >= 15 is 0 Å². The fourth-order valence-corrected chi connectivity index (χ4v) is 1.22. The zero-order chi connectivity index (χ0) is 11.9. The highest BCUT2D eigenvalue weighted by Gasteiger charge is 2.17. The molecule has 0 fully saturated rings. The zero-order valence-corrected chi connectivity index (χ0v) is 10.5. The first-order chi connectivity index (χ1) is 7.04. The van der Waals surface area contributed by atoms with Crippen molar-refractivity contribution in [1.29, 1.82) is 0 Å². The largest absolute Gasteiger partial charge is 0.384 e. The van der Waals surface area contributed by atoms with Gasteiger partial charge in [-0.1, -0.05) is 33.3 Å². The van der Waals surface area contributed by atoms with Crippen LogP contribution in [0.2, 0.25) is 0 Å². The van der Waals surface area contributed by atoms with Crippen LogP contribution >= 0.6 is 0 Å². The molecule has 1 rings (SSSR count). The third-order valence-electron chi connectivity index (χ3n) is 1.94. The van der Waals surface area contributed by atoms with Crippen molar-refractivity contribution in [2.45, 2.75) is 53.1 Å². The molecule has 0 aliphatic heterocycles. The van der Waals surface area contributed by atoms with Crippen LogP contribution in [-0.2, 0) is 12.0 Å². The number of nitrogens with zero attached hydrogens (tertiary/aromatic N) is 1. The van der Waals surface area contributed by atoms with E-state index < -0.39 is 5.60 Å². The number of hydrogen-bond acceptors (Lipinski definition) is 2. The Bertz CT molecular complexity index is 276. The van der Waals surface area contributed by atoms with Gasteiger partial charge in [-0.3, -0.25) is 4.98 Å². The molecule has 15 heavy (non-hydrogen) atoms. The summed E-state index contributed by atoms with van der Waals surface area (Å²) in [5.74, 6) is 0. The number of aryl methyl sites for hydroxylation is 1. The van der Waals surface area contributed by atoms with Crippen LogP contribution in [0.5, 0.6) is 0 Å². The van der Waals surface area contributed by atoms with Gasteiger partial charge < -0.3 is 5.11 Å². The first-order valence-corrected chi connectivity index (χ1v) is 5.73. The van der Waals surface area contributed by atoms with E-state index in [0.717, 1.165) is 24.2 Å². The second-order valence-corrected chi connectivity index (χ2v) is 3.82. The van der Waals surface area contributed by atoms with E-state index in [1.165, 1.54) is 0 Å². The van der Waals surface area contributed by atoms with Gasteiger partial charge in [0.25, 0.3) is 0 Å². The van der Waals surface area contributed by atoms with Crippen molar-refractivity contribution in [2.75, 3.05) is 0 Å². The molecule has 1 aromatic rings. The quantitative estimate of drug-likeness (QED) is 0.828. The van der Waals surface area contributed by atoms with E-state index in [0.29, 0.717) is 0 Å². The lowest BCUT2D eigenvalue weighted by molar-refractivity contribution is 0.0736. The van der Waals surface area contributed by atoms with Crippen LogP contribution in [0, 0.1) is 0 Å². The van der Waals surface area contributed by atoms with E-state index in [1.54, 1.807) is 13.8 Å². The first-order valence-electron chi connectivity index (χ1n) is 5.73. The predicted octanol–water partition coefficient (Wildman–Crippen LogP) is 3.29. The SMILES string of the molecule is CC.CCCc1cccc(C(C)(C)O)n1. The van der Waals surface area contributed by atoms with Crippen molar-refractivity contribution in [2.24, 2.45) is 0 Å². The molecule has 0 unspecified atom stereocenters. The normalized spacial score (nSPS) is 10.5. The average molecular weight is 209 g/mol. The second-order valence-electron chi connectivity index (χ2n) is 3.82. The van der Waals surface area contributed by atoms with Crippen LogP contribution in [0.1, 0.15) is 52.4 Å². The summed E-state index contributed by atoms with van der Waals surface area (Å²) in [7, 11) is 0. The van der Waals surface area contributed by atoms with Gasteiger partial charge >= 0.3 is 0 Å². The Morgan fingerprint density at radius 2 is 1.87 bits per heavy atom. The van der Waals surface area contributed by atoms with Gasteiger partial charge in [0.05, 0.1) is 5.69 Å². The van der Waals surface area contributed by atoms with Gasteiger partial charge in [0.2, 0.25) is 0 Å². The Morgan fingerprint density at radius 1 is 1.27 bits per heavy atom. The van der Waals surface area contributed by atoms with Gasteiger partial charge in [-0.25, -0.2) is 0 Å². The van der Waals surface area contributed by atoms with Gasteiger partial charge in [0.1, 0.15) is 5.60 Å². The number of pyridine rings is 1.